The highest BCUT2D eigenvalue weighted by atomic mass is 32.2. The Balaban J connectivity index is 1.86. The Kier molecular flexibility index (Phi) is 14.5. The zero-order chi connectivity index (χ0) is 22.0. The lowest BCUT2D eigenvalue weighted by molar-refractivity contribution is 0.429. The molecule has 1 heterocycles. The van der Waals surface area contributed by atoms with Gasteiger partial charge in [0, 0.05) is 4.90 Å². The zero-order valence-corrected chi connectivity index (χ0v) is 21.0. The Hall–Kier alpha value is -1.27. The standard InChI is InChI=1S/C25H39N3OS2/c1-3-5-7-9-11-13-17-30-22-15-16-23(29-25-27-20-26-21-28-25)24(19-22)31-18-14-12-10-8-6-4-2/h15-16,19-21H,3-14,17-18H2,1-2H3. The summed E-state index contributed by atoms with van der Waals surface area (Å²) in [6.45, 7) is 4.54. The molecule has 0 radical (unpaired) electrons. The molecule has 0 spiro atoms. The van der Waals surface area contributed by atoms with Crippen LogP contribution < -0.4 is 4.74 Å². The van der Waals surface area contributed by atoms with Crippen LogP contribution in [-0.4, -0.2) is 26.5 Å². The molecule has 0 amide bonds. The first kappa shape index (κ1) is 26.0. The molecular weight excluding hydrogens is 422 g/mol. The highest BCUT2D eigenvalue weighted by Gasteiger charge is 2.09. The van der Waals surface area contributed by atoms with Gasteiger partial charge in [-0.2, -0.15) is 9.97 Å². The Labute approximate surface area is 197 Å². The smallest absolute Gasteiger partial charge is 0.324 e. The van der Waals surface area contributed by atoms with Gasteiger partial charge in [-0.1, -0.05) is 78.1 Å². The van der Waals surface area contributed by atoms with E-state index in [4.69, 9.17) is 4.74 Å². The van der Waals surface area contributed by atoms with Crippen LogP contribution in [0.1, 0.15) is 90.9 Å². The van der Waals surface area contributed by atoms with Gasteiger partial charge in [0.05, 0.1) is 4.90 Å². The van der Waals surface area contributed by atoms with Crippen LogP contribution in [-0.2, 0) is 0 Å². The average Bonchev–Trinajstić information content (AvgIpc) is 2.80. The Morgan fingerprint density at radius 2 is 1.29 bits per heavy atom. The molecule has 1 aromatic carbocycles. The highest BCUT2D eigenvalue weighted by Crippen LogP contribution is 2.36. The SMILES string of the molecule is CCCCCCCCSc1ccc(Oc2ncncn2)c(SCCCCCCCC)c1. The first-order valence-electron chi connectivity index (χ1n) is 12.0. The summed E-state index contributed by atoms with van der Waals surface area (Å²) in [6.07, 6.45) is 18.9. The van der Waals surface area contributed by atoms with Crippen molar-refractivity contribution in [2.45, 2.75) is 101 Å². The number of nitrogens with zero attached hydrogens (tertiary/aromatic N) is 3. The normalized spacial score (nSPS) is 11.0. The number of benzene rings is 1. The molecule has 0 aliphatic heterocycles. The fourth-order valence-corrected chi connectivity index (χ4v) is 5.35. The lowest BCUT2D eigenvalue weighted by Crippen LogP contribution is -1.94. The molecule has 0 saturated heterocycles. The molecule has 31 heavy (non-hydrogen) atoms. The molecule has 2 aromatic rings. The zero-order valence-electron chi connectivity index (χ0n) is 19.4. The van der Waals surface area contributed by atoms with E-state index >= 15 is 0 Å². The fraction of sp³-hybridized carbons (Fsp3) is 0.640. The van der Waals surface area contributed by atoms with Gasteiger partial charge >= 0.3 is 6.01 Å². The molecule has 1 aromatic heterocycles. The van der Waals surface area contributed by atoms with Gasteiger partial charge in [0.2, 0.25) is 0 Å². The van der Waals surface area contributed by atoms with Crippen LogP contribution in [0.15, 0.2) is 40.6 Å². The quantitative estimate of drug-likeness (QED) is 0.164. The van der Waals surface area contributed by atoms with E-state index in [0.717, 1.165) is 11.5 Å². The van der Waals surface area contributed by atoms with E-state index in [1.54, 1.807) is 0 Å². The molecule has 4 nitrogen and oxygen atoms in total. The first-order chi connectivity index (χ1) is 15.3. The number of aromatic nitrogens is 3. The summed E-state index contributed by atoms with van der Waals surface area (Å²) in [4.78, 5) is 14.6. The number of rotatable bonds is 18. The van der Waals surface area contributed by atoms with Gasteiger partial charge in [-0.05, 0) is 42.5 Å². The minimum Gasteiger partial charge on any atom is -0.423 e. The molecule has 172 valence electrons. The topological polar surface area (TPSA) is 47.9 Å². The second-order valence-electron chi connectivity index (χ2n) is 7.86. The summed E-state index contributed by atoms with van der Waals surface area (Å²) >= 11 is 3.84. The third-order valence-electron chi connectivity index (χ3n) is 5.11. The van der Waals surface area contributed by atoms with E-state index in [-0.39, 0.29) is 0 Å². The van der Waals surface area contributed by atoms with E-state index in [0.29, 0.717) is 6.01 Å². The molecule has 0 unspecified atom stereocenters. The Morgan fingerprint density at radius 3 is 1.94 bits per heavy atom. The van der Waals surface area contributed by atoms with Crippen molar-refractivity contribution in [2.75, 3.05) is 11.5 Å². The molecule has 0 N–H and O–H groups in total. The van der Waals surface area contributed by atoms with Crippen LogP contribution in [0.25, 0.3) is 0 Å². The van der Waals surface area contributed by atoms with Crippen molar-refractivity contribution in [3.05, 3.63) is 30.9 Å². The third kappa shape index (κ3) is 11.8. The summed E-state index contributed by atoms with van der Waals surface area (Å²) in [5.41, 5.74) is 0. The largest absolute Gasteiger partial charge is 0.423 e. The molecule has 0 atom stereocenters. The second kappa shape index (κ2) is 17.3. The predicted molar refractivity (Wildman–Crippen MR) is 135 cm³/mol. The second-order valence-corrected chi connectivity index (χ2v) is 10.2. The summed E-state index contributed by atoms with van der Waals surface area (Å²) in [5, 5.41) is 0. The molecule has 0 fully saturated rings. The summed E-state index contributed by atoms with van der Waals surface area (Å²) < 4.78 is 5.96. The fourth-order valence-electron chi connectivity index (χ4n) is 3.29. The van der Waals surface area contributed by atoms with Crippen LogP contribution >= 0.6 is 23.5 Å². The van der Waals surface area contributed by atoms with Gasteiger partial charge in [-0.25, -0.2) is 4.98 Å². The van der Waals surface area contributed by atoms with E-state index in [1.165, 1.54) is 105 Å². The molecule has 0 aliphatic carbocycles. The van der Waals surface area contributed by atoms with Gasteiger partial charge in [0.1, 0.15) is 18.4 Å². The maximum Gasteiger partial charge on any atom is 0.324 e. The van der Waals surface area contributed by atoms with Crippen molar-refractivity contribution >= 4 is 23.5 Å². The Morgan fingerprint density at radius 1 is 0.710 bits per heavy atom. The van der Waals surface area contributed by atoms with Gasteiger partial charge in [0.25, 0.3) is 0 Å². The minimum atomic E-state index is 0.351. The van der Waals surface area contributed by atoms with Gasteiger partial charge in [0.15, 0.2) is 0 Å². The lowest BCUT2D eigenvalue weighted by Gasteiger charge is -2.12. The maximum absolute atomic E-state index is 5.96. The van der Waals surface area contributed by atoms with E-state index < -0.39 is 0 Å². The van der Waals surface area contributed by atoms with Crippen LogP contribution in [0, 0.1) is 0 Å². The number of hydrogen-bond acceptors (Lipinski definition) is 6. The van der Waals surface area contributed by atoms with Crippen LogP contribution in [0.2, 0.25) is 0 Å². The minimum absolute atomic E-state index is 0.351. The summed E-state index contributed by atoms with van der Waals surface area (Å²) in [6, 6.07) is 6.85. The monoisotopic (exact) mass is 461 g/mol. The van der Waals surface area contributed by atoms with Crippen molar-refractivity contribution in [1.29, 1.82) is 0 Å². The molecular formula is C25H39N3OS2. The molecule has 6 heteroatoms. The van der Waals surface area contributed by atoms with Gasteiger partial charge in [-0.3, -0.25) is 0 Å². The first-order valence-corrected chi connectivity index (χ1v) is 14.0. The number of unbranched alkanes of at least 4 members (excludes halogenated alkanes) is 10. The van der Waals surface area contributed by atoms with Gasteiger partial charge in [-0.15, -0.1) is 23.5 Å². The molecule has 0 aliphatic rings. The summed E-state index contributed by atoms with van der Waals surface area (Å²) in [7, 11) is 0. The van der Waals surface area contributed by atoms with Crippen molar-refractivity contribution < 1.29 is 4.74 Å². The van der Waals surface area contributed by atoms with Crippen LogP contribution in [0.5, 0.6) is 11.8 Å². The summed E-state index contributed by atoms with van der Waals surface area (Å²) in [5.74, 6) is 3.14. The third-order valence-corrected chi connectivity index (χ3v) is 7.31. The number of hydrogen-bond donors (Lipinski definition) is 0. The molecule has 0 saturated carbocycles. The van der Waals surface area contributed by atoms with E-state index in [9.17, 15) is 0 Å². The van der Waals surface area contributed by atoms with Crippen LogP contribution in [0.4, 0.5) is 0 Å². The highest BCUT2D eigenvalue weighted by molar-refractivity contribution is 8.00. The number of thioether (sulfide) groups is 2. The van der Waals surface area contributed by atoms with Crippen molar-refractivity contribution in [3.63, 3.8) is 0 Å². The number of ether oxygens (including phenoxy) is 1. The van der Waals surface area contributed by atoms with E-state index in [2.05, 4.69) is 47.0 Å². The van der Waals surface area contributed by atoms with Crippen molar-refractivity contribution in [2.24, 2.45) is 0 Å². The molecule has 0 bridgehead atoms. The van der Waals surface area contributed by atoms with Crippen molar-refractivity contribution in [3.8, 4) is 11.8 Å². The Bertz CT molecular complexity index is 700. The maximum atomic E-state index is 5.96. The lowest BCUT2D eigenvalue weighted by atomic mass is 10.1. The van der Waals surface area contributed by atoms with Crippen LogP contribution in [0.3, 0.4) is 0 Å². The average molecular weight is 462 g/mol. The molecule has 2 rings (SSSR count). The van der Waals surface area contributed by atoms with Crippen molar-refractivity contribution in [1.82, 2.24) is 15.0 Å². The van der Waals surface area contributed by atoms with Gasteiger partial charge < -0.3 is 4.74 Å². The predicted octanol–water partition coefficient (Wildman–Crippen LogP) is 8.57. The van der Waals surface area contributed by atoms with E-state index in [1.807, 2.05) is 23.5 Å².